The van der Waals surface area contributed by atoms with E-state index in [2.05, 4.69) is 17.4 Å². The molecule has 22 heavy (non-hydrogen) atoms. The quantitative estimate of drug-likeness (QED) is 0.911. The monoisotopic (exact) mass is 299 g/mol. The largest absolute Gasteiger partial charge is 0.497 e. The average molecular weight is 299 g/mol. The number of nitrogens with one attached hydrogen (secondary N) is 1. The zero-order chi connectivity index (χ0) is 15.5. The van der Waals surface area contributed by atoms with Crippen molar-refractivity contribution in [1.82, 2.24) is 0 Å². The van der Waals surface area contributed by atoms with Crippen LogP contribution in [0.1, 0.15) is 24.1 Å². The summed E-state index contributed by atoms with van der Waals surface area (Å²) >= 11 is 0. The van der Waals surface area contributed by atoms with Crippen molar-refractivity contribution in [3.8, 4) is 17.2 Å². The van der Waals surface area contributed by atoms with Gasteiger partial charge in [-0.25, -0.2) is 0 Å². The number of benzene rings is 2. The van der Waals surface area contributed by atoms with Gasteiger partial charge in [-0.05, 0) is 55.3 Å². The molecule has 1 N–H and O–H groups in total. The third kappa shape index (κ3) is 2.69. The van der Waals surface area contributed by atoms with E-state index in [1.807, 2.05) is 31.2 Å². The Labute approximate surface area is 131 Å². The van der Waals surface area contributed by atoms with E-state index in [0.29, 0.717) is 6.61 Å². The molecule has 0 saturated carbocycles. The Bertz CT molecular complexity index is 669. The first-order valence-corrected chi connectivity index (χ1v) is 7.49. The maximum Gasteiger partial charge on any atom is 0.124 e. The molecule has 0 saturated heterocycles. The molecule has 1 aliphatic heterocycles. The minimum Gasteiger partial charge on any atom is -0.497 e. The summed E-state index contributed by atoms with van der Waals surface area (Å²) in [7, 11) is 3.37. The van der Waals surface area contributed by atoms with Gasteiger partial charge in [0.25, 0.3) is 0 Å². The second-order valence-electron chi connectivity index (χ2n) is 5.26. The summed E-state index contributed by atoms with van der Waals surface area (Å²) in [4.78, 5) is 0. The SMILES string of the molecule is CCOc1ccc2c(c1)CC(c1cc(OC)ccc1OC)N2. The third-order valence-corrected chi connectivity index (χ3v) is 3.95. The Hall–Kier alpha value is -2.36. The van der Waals surface area contributed by atoms with E-state index in [9.17, 15) is 0 Å². The van der Waals surface area contributed by atoms with Crippen molar-refractivity contribution in [2.45, 2.75) is 19.4 Å². The van der Waals surface area contributed by atoms with E-state index in [0.717, 1.165) is 34.9 Å². The van der Waals surface area contributed by atoms with Gasteiger partial charge in [-0.15, -0.1) is 0 Å². The number of fused-ring (bicyclic) bond motifs is 1. The number of methoxy groups -OCH3 is 2. The molecule has 1 unspecified atom stereocenters. The van der Waals surface area contributed by atoms with Crippen LogP contribution in [0.25, 0.3) is 0 Å². The van der Waals surface area contributed by atoms with Crippen LogP contribution >= 0.6 is 0 Å². The lowest BCUT2D eigenvalue weighted by Gasteiger charge is -2.16. The second kappa shape index (κ2) is 6.18. The number of hydrogen-bond acceptors (Lipinski definition) is 4. The maximum absolute atomic E-state index is 5.58. The van der Waals surface area contributed by atoms with Crippen molar-refractivity contribution in [3.05, 3.63) is 47.5 Å². The molecule has 2 aromatic carbocycles. The fourth-order valence-corrected chi connectivity index (χ4v) is 2.89. The van der Waals surface area contributed by atoms with Gasteiger partial charge in [0.1, 0.15) is 17.2 Å². The van der Waals surface area contributed by atoms with E-state index in [1.165, 1.54) is 5.56 Å². The van der Waals surface area contributed by atoms with E-state index < -0.39 is 0 Å². The van der Waals surface area contributed by atoms with Crippen LogP contribution in [0.4, 0.5) is 5.69 Å². The lowest BCUT2D eigenvalue weighted by Crippen LogP contribution is -2.07. The molecule has 4 heteroatoms. The van der Waals surface area contributed by atoms with Crippen molar-refractivity contribution in [2.75, 3.05) is 26.1 Å². The lowest BCUT2D eigenvalue weighted by atomic mass is 10.0. The Balaban J connectivity index is 1.89. The molecular formula is C18H21NO3. The Kier molecular flexibility index (Phi) is 4.09. The topological polar surface area (TPSA) is 39.7 Å². The summed E-state index contributed by atoms with van der Waals surface area (Å²) in [6.45, 7) is 2.68. The van der Waals surface area contributed by atoms with Crippen LogP contribution in [-0.4, -0.2) is 20.8 Å². The van der Waals surface area contributed by atoms with Crippen molar-refractivity contribution >= 4 is 5.69 Å². The van der Waals surface area contributed by atoms with Crippen LogP contribution in [0.15, 0.2) is 36.4 Å². The van der Waals surface area contributed by atoms with E-state index >= 15 is 0 Å². The number of anilines is 1. The smallest absolute Gasteiger partial charge is 0.124 e. The summed E-state index contributed by atoms with van der Waals surface area (Å²) in [5.41, 5.74) is 3.52. The predicted octanol–water partition coefficient (Wildman–Crippen LogP) is 3.81. The van der Waals surface area contributed by atoms with Crippen LogP contribution < -0.4 is 19.5 Å². The highest BCUT2D eigenvalue weighted by Gasteiger charge is 2.25. The third-order valence-electron chi connectivity index (χ3n) is 3.95. The lowest BCUT2D eigenvalue weighted by molar-refractivity contribution is 0.340. The standard InChI is InChI=1S/C18H21NO3/c1-4-22-14-5-7-16-12(9-14)10-17(19-16)15-11-13(20-2)6-8-18(15)21-3/h5-9,11,17,19H,4,10H2,1-3H3. The molecule has 0 amide bonds. The summed E-state index contributed by atoms with van der Waals surface area (Å²) in [6, 6.07) is 12.3. The van der Waals surface area contributed by atoms with E-state index in [4.69, 9.17) is 14.2 Å². The molecule has 2 aromatic rings. The van der Waals surface area contributed by atoms with Crippen LogP contribution in [0.3, 0.4) is 0 Å². The molecule has 116 valence electrons. The minimum absolute atomic E-state index is 0.178. The van der Waals surface area contributed by atoms with Crippen molar-refractivity contribution in [3.63, 3.8) is 0 Å². The Morgan fingerprint density at radius 1 is 1.05 bits per heavy atom. The molecule has 4 nitrogen and oxygen atoms in total. The van der Waals surface area contributed by atoms with Gasteiger partial charge < -0.3 is 19.5 Å². The van der Waals surface area contributed by atoms with Crippen LogP contribution in [0, 0.1) is 0 Å². The fourth-order valence-electron chi connectivity index (χ4n) is 2.89. The molecule has 0 fully saturated rings. The summed E-state index contributed by atoms with van der Waals surface area (Å²) in [5.74, 6) is 2.63. The Morgan fingerprint density at radius 3 is 2.59 bits per heavy atom. The highest BCUT2D eigenvalue weighted by molar-refractivity contribution is 5.61. The molecule has 1 aliphatic rings. The molecule has 0 spiro atoms. The van der Waals surface area contributed by atoms with Crippen LogP contribution in [-0.2, 0) is 6.42 Å². The van der Waals surface area contributed by atoms with Crippen LogP contribution in [0.5, 0.6) is 17.2 Å². The molecule has 0 bridgehead atoms. The maximum atomic E-state index is 5.58. The number of rotatable bonds is 5. The molecule has 0 radical (unpaired) electrons. The van der Waals surface area contributed by atoms with E-state index in [1.54, 1.807) is 14.2 Å². The zero-order valence-electron chi connectivity index (χ0n) is 13.2. The van der Waals surface area contributed by atoms with Gasteiger partial charge in [0, 0.05) is 11.3 Å². The summed E-state index contributed by atoms with van der Waals surface area (Å²) in [6.07, 6.45) is 0.903. The minimum atomic E-state index is 0.178. The first-order valence-electron chi connectivity index (χ1n) is 7.49. The number of ether oxygens (including phenoxy) is 3. The summed E-state index contributed by atoms with van der Waals surface area (Å²) in [5, 5.41) is 3.55. The first kappa shape index (κ1) is 14.6. The van der Waals surface area contributed by atoms with Crippen molar-refractivity contribution in [2.24, 2.45) is 0 Å². The molecule has 0 aromatic heterocycles. The molecule has 1 atom stereocenters. The summed E-state index contributed by atoms with van der Waals surface area (Å²) < 4.78 is 16.4. The van der Waals surface area contributed by atoms with Crippen LogP contribution in [0.2, 0.25) is 0 Å². The van der Waals surface area contributed by atoms with Crippen molar-refractivity contribution < 1.29 is 14.2 Å². The Morgan fingerprint density at radius 2 is 1.86 bits per heavy atom. The van der Waals surface area contributed by atoms with Gasteiger partial charge in [-0.3, -0.25) is 0 Å². The second-order valence-corrected chi connectivity index (χ2v) is 5.26. The number of hydrogen-bond donors (Lipinski definition) is 1. The van der Waals surface area contributed by atoms with E-state index in [-0.39, 0.29) is 6.04 Å². The van der Waals surface area contributed by atoms with Gasteiger partial charge in [0.2, 0.25) is 0 Å². The molecular weight excluding hydrogens is 278 g/mol. The van der Waals surface area contributed by atoms with Gasteiger partial charge in [0.15, 0.2) is 0 Å². The molecule has 3 rings (SSSR count). The zero-order valence-corrected chi connectivity index (χ0v) is 13.2. The van der Waals surface area contributed by atoms with Crippen molar-refractivity contribution in [1.29, 1.82) is 0 Å². The van der Waals surface area contributed by atoms with Gasteiger partial charge in [-0.2, -0.15) is 0 Å². The molecule has 1 heterocycles. The first-order chi connectivity index (χ1) is 10.7. The van der Waals surface area contributed by atoms with Gasteiger partial charge in [-0.1, -0.05) is 0 Å². The van der Waals surface area contributed by atoms with Gasteiger partial charge >= 0.3 is 0 Å². The average Bonchev–Trinajstić information content (AvgIpc) is 2.97. The molecule has 0 aliphatic carbocycles. The highest BCUT2D eigenvalue weighted by atomic mass is 16.5. The fraction of sp³-hybridized carbons (Fsp3) is 0.333. The van der Waals surface area contributed by atoms with Gasteiger partial charge in [0.05, 0.1) is 26.9 Å². The highest BCUT2D eigenvalue weighted by Crippen LogP contribution is 2.40. The normalized spacial score (nSPS) is 15.9. The predicted molar refractivity (Wildman–Crippen MR) is 87.2 cm³/mol.